The number of anilines is 1. The summed E-state index contributed by atoms with van der Waals surface area (Å²) in [7, 11) is 0. The molecule has 6 nitrogen and oxygen atoms in total. The summed E-state index contributed by atoms with van der Waals surface area (Å²) in [6, 6.07) is 1.70. The number of nitrogens with one attached hydrogen (secondary N) is 1. The predicted octanol–water partition coefficient (Wildman–Crippen LogP) is 1.93. The molecule has 6 heteroatoms. The van der Waals surface area contributed by atoms with Gasteiger partial charge in [-0.3, -0.25) is 4.79 Å². The Morgan fingerprint density at radius 3 is 2.83 bits per heavy atom. The third-order valence-corrected chi connectivity index (χ3v) is 2.36. The number of aromatic nitrogens is 2. The van der Waals surface area contributed by atoms with Gasteiger partial charge in [0.25, 0.3) is 0 Å². The number of nitrogens with zero attached hydrogens (tertiary/aromatic N) is 2. The third kappa shape index (κ3) is 4.99. The number of hydrogen-bond donors (Lipinski definition) is 2. The van der Waals surface area contributed by atoms with Gasteiger partial charge in [-0.2, -0.15) is 0 Å². The normalized spacial score (nSPS) is 11.1. The maximum Gasteiger partial charge on any atom is 0.303 e. The molecule has 0 aliphatic carbocycles. The van der Waals surface area contributed by atoms with Crippen molar-refractivity contribution in [2.45, 2.75) is 39.2 Å². The Morgan fingerprint density at radius 1 is 1.50 bits per heavy atom. The van der Waals surface area contributed by atoms with Gasteiger partial charge in [-0.15, -0.1) is 0 Å². The van der Waals surface area contributed by atoms with E-state index in [2.05, 4.69) is 15.3 Å². The summed E-state index contributed by atoms with van der Waals surface area (Å²) >= 11 is 0. The standard InChI is InChI=1S/C12H19N3O3/c1-4-18-10-7-9(13-8-14-10)15-12(2,3)6-5-11(16)17/h7-8H,4-6H2,1-3H3,(H,16,17)(H,13,14,15). The lowest BCUT2D eigenvalue weighted by atomic mass is 9.98. The van der Waals surface area contributed by atoms with E-state index in [4.69, 9.17) is 9.84 Å². The molecular formula is C12H19N3O3. The average Bonchev–Trinajstić information content (AvgIpc) is 2.27. The number of aliphatic carboxylic acids is 1. The Labute approximate surface area is 106 Å². The van der Waals surface area contributed by atoms with Crippen LogP contribution in [-0.4, -0.2) is 33.2 Å². The predicted molar refractivity (Wildman–Crippen MR) is 67.8 cm³/mol. The first-order chi connectivity index (χ1) is 8.43. The van der Waals surface area contributed by atoms with E-state index in [1.165, 1.54) is 6.33 Å². The van der Waals surface area contributed by atoms with E-state index in [1.54, 1.807) is 6.07 Å². The highest BCUT2D eigenvalue weighted by Crippen LogP contribution is 2.19. The lowest BCUT2D eigenvalue weighted by molar-refractivity contribution is -0.137. The summed E-state index contributed by atoms with van der Waals surface area (Å²) < 4.78 is 5.27. The SMILES string of the molecule is CCOc1cc(NC(C)(C)CCC(=O)O)ncn1. The number of rotatable bonds is 7. The number of carboxylic acids is 1. The molecule has 18 heavy (non-hydrogen) atoms. The maximum atomic E-state index is 10.6. The number of hydrogen-bond acceptors (Lipinski definition) is 5. The van der Waals surface area contributed by atoms with Crippen LogP contribution in [0.25, 0.3) is 0 Å². The zero-order chi connectivity index (χ0) is 13.6. The molecule has 2 N–H and O–H groups in total. The van der Waals surface area contributed by atoms with Gasteiger partial charge in [0.15, 0.2) is 0 Å². The minimum Gasteiger partial charge on any atom is -0.481 e. The van der Waals surface area contributed by atoms with Crippen molar-refractivity contribution in [2.24, 2.45) is 0 Å². The molecule has 0 bridgehead atoms. The van der Waals surface area contributed by atoms with Crippen molar-refractivity contribution in [1.29, 1.82) is 0 Å². The van der Waals surface area contributed by atoms with Crippen LogP contribution >= 0.6 is 0 Å². The van der Waals surface area contributed by atoms with Gasteiger partial charge in [-0.05, 0) is 27.2 Å². The van der Waals surface area contributed by atoms with E-state index in [0.717, 1.165) is 0 Å². The van der Waals surface area contributed by atoms with Gasteiger partial charge in [0.2, 0.25) is 5.88 Å². The van der Waals surface area contributed by atoms with Crippen LogP contribution in [-0.2, 0) is 4.79 Å². The fraction of sp³-hybridized carbons (Fsp3) is 0.583. The largest absolute Gasteiger partial charge is 0.481 e. The van der Waals surface area contributed by atoms with Crippen LogP contribution in [0.1, 0.15) is 33.6 Å². The Hall–Kier alpha value is -1.85. The molecule has 0 amide bonds. The van der Waals surface area contributed by atoms with Crippen LogP contribution in [0.2, 0.25) is 0 Å². The van der Waals surface area contributed by atoms with Gasteiger partial charge in [0.1, 0.15) is 12.1 Å². The van der Waals surface area contributed by atoms with Crippen molar-refractivity contribution in [3.8, 4) is 5.88 Å². The molecule has 1 aromatic rings. The zero-order valence-corrected chi connectivity index (χ0v) is 10.9. The minimum atomic E-state index is -0.803. The summed E-state index contributed by atoms with van der Waals surface area (Å²) in [4.78, 5) is 18.6. The second-order valence-electron chi connectivity index (χ2n) is 4.58. The van der Waals surface area contributed by atoms with E-state index < -0.39 is 5.97 Å². The Morgan fingerprint density at radius 2 is 2.22 bits per heavy atom. The molecular weight excluding hydrogens is 234 g/mol. The van der Waals surface area contributed by atoms with E-state index in [-0.39, 0.29) is 12.0 Å². The van der Waals surface area contributed by atoms with Crippen molar-refractivity contribution < 1.29 is 14.6 Å². The quantitative estimate of drug-likeness (QED) is 0.772. The molecule has 0 spiro atoms. The van der Waals surface area contributed by atoms with Crippen molar-refractivity contribution in [1.82, 2.24) is 9.97 Å². The van der Waals surface area contributed by atoms with Crippen LogP contribution in [0.5, 0.6) is 5.88 Å². The van der Waals surface area contributed by atoms with Crippen LogP contribution < -0.4 is 10.1 Å². The molecule has 0 saturated heterocycles. The highest BCUT2D eigenvalue weighted by atomic mass is 16.5. The highest BCUT2D eigenvalue weighted by molar-refractivity contribution is 5.66. The fourth-order valence-corrected chi connectivity index (χ4v) is 1.46. The minimum absolute atomic E-state index is 0.114. The fourth-order valence-electron chi connectivity index (χ4n) is 1.46. The molecule has 100 valence electrons. The van der Waals surface area contributed by atoms with E-state index in [9.17, 15) is 4.79 Å². The lowest BCUT2D eigenvalue weighted by Gasteiger charge is -2.26. The lowest BCUT2D eigenvalue weighted by Crippen LogP contribution is -2.32. The molecule has 0 fully saturated rings. The van der Waals surface area contributed by atoms with Crippen LogP contribution in [0.3, 0.4) is 0 Å². The molecule has 0 saturated carbocycles. The zero-order valence-electron chi connectivity index (χ0n) is 10.9. The van der Waals surface area contributed by atoms with E-state index >= 15 is 0 Å². The molecule has 0 unspecified atom stereocenters. The molecule has 0 aliphatic rings. The molecule has 1 heterocycles. The van der Waals surface area contributed by atoms with Crippen LogP contribution in [0, 0.1) is 0 Å². The molecule has 1 rings (SSSR count). The molecule has 1 aromatic heterocycles. The van der Waals surface area contributed by atoms with Crippen molar-refractivity contribution >= 4 is 11.8 Å². The number of ether oxygens (including phenoxy) is 1. The van der Waals surface area contributed by atoms with Gasteiger partial charge in [0, 0.05) is 18.0 Å². The molecule has 0 radical (unpaired) electrons. The van der Waals surface area contributed by atoms with Crippen molar-refractivity contribution in [3.63, 3.8) is 0 Å². The van der Waals surface area contributed by atoms with Gasteiger partial charge in [-0.1, -0.05) is 0 Å². The summed E-state index contributed by atoms with van der Waals surface area (Å²) in [5.74, 6) is 0.329. The Kier molecular flexibility index (Phi) is 4.88. The van der Waals surface area contributed by atoms with Crippen LogP contribution in [0.15, 0.2) is 12.4 Å². The van der Waals surface area contributed by atoms with Crippen molar-refractivity contribution in [3.05, 3.63) is 12.4 Å². The van der Waals surface area contributed by atoms with E-state index in [0.29, 0.717) is 24.7 Å². The number of carbonyl (C=O) groups is 1. The maximum absolute atomic E-state index is 10.6. The van der Waals surface area contributed by atoms with Gasteiger partial charge < -0.3 is 15.2 Å². The second-order valence-corrected chi connectivity index (χ2v) is 4.58. The van der Waals surface area contributed by atoms with Crippen molar-refractivity contribution in [2.75, 3.05) is 11.9 Å². The van der Waals surface area contributed by atoms with Gasteiger partial charge in [0.05, 0.1) is 6.61 Å². The monoisotopic (exact) mass is 253 g/mol. The highest BCUT2D eigenvalue weighted by Gasteiger charge is 2.19. The first-order valence-corrected chi connectivity index (χ1v) is 5.88. The first-order valence-electron chi connectivity index (χ1n) is 5.88. The topological polar surface area (TPSA) is 84.3 Å². The average molecular weight is 253 g/mol. The smallest absolute Gasteiger partial charge is 0.303 e. The summed E-state index contributed by atoms with van der Waals surface area (Å²) in [6.45, 7) is 6.28. The number of carboxylic acid groups (broad SMARTS) is 1. The molecule has 0 atom stereocenters. The van der Waals surface area contributed by atoms with Crippen LogP contribution in [0.4, 0.5) is 5.82 Å². The second kappa shape index (κ2) is 6.18. The molecule has 0 aliphatic heterocycles. The van der Waals surface area contributed by atoms with Gasteiger partial charge >= 0.3 is 5.97 Å². The Bertz CT molecular complexity index is 407. The van der Waals surface area contributed by atoms with E-state index in [1.807, 2.05) is 20.8 Å². The summed E-state index contributed by atoms with van der Waals surface area (Å²) in [6.07, 6.45) is 2.04. The summed E-state index contributed by atoms with van der Waals surface area (Å²) in [5, 5.41) is 11.9. The Balaban J connectivity index is 2.64. The molecule has 0 aromatic carbocycles. The third-order valence-electron chi connectivity index (χ3n) is 2.36. The van der Waals surface area contributed by atoms with Gasteiger partial charge in [-0.25, -0.2) is 9.97 Å². The first kappa shape index (κ1) is 14.2. The summed E-state index contributed by atoms with van der Waals surface area (Å²) in [5.41, 5.74) is -0.351.